The summed E-state index contributed by atoms with van der Waals surface area (Å²) < 4.78 is 4.15. The van der Waals surface area contributed by atoms with Crippen LogP contribution in [0.25, 0.3) is 5.69 Å². The Labute approximate surface area is 175 Å². The highest BCUT2D eigenvalue weighted by Crippen LogP contribution is 2.25. The van der Waals surface area contributed by atoms with Crippen LogP contribution in [0.5, 0.6) is 0 Å². The molecule has 6 nitrogen and oxygen atoms in total. The van der Waals surface area contributed by atoms with Gasteiger partial charge in [-0.3, -0.25) is 14.3 Å². The minimum Gasteiger partial charge on any atom is -0.351 e. The zero-order valence-corrected chi connectivity index (χ0v) is 18.1. The van der Waals surface area contributed by atoms with E-state index >= 15 is 0 Å². The molecule has 0 unspecified atom stereocenters. The summed E-state index contributed by atoms with van der Waals surface area (Å²) in [6.07, 6.45) is 2.48. The fourth-order valence-electron chi connectivity index (χ4n) is 3.82. The second-order valence-corrected chi connectivity index (χ2v) is 8.55. The summed E-state index contributed by atoms with van der Waals surface area (Å²) in [6.45, 7) is 7.01. The summed E-state index contributed by atoms with van der Waals surface area (Å²) in [7, 11) is 1.99. The molecule has 0 amide bonds. The number of nitrogens with zero attached hydrogens (tertiary/aromatic N) is 5. The summed E-state index contributed by atoms with van der Waals surface area (Å²) in [4.78, 5) is 15.3. The van der Waals surface area contributed by atoms with E-state index in [1.54, 1.807) is 0 Å². The van der Waals surface area contributed by atoms with Crippen LogP contribution in [0.15, 0.2) is 41.6 Å². The molecule has 3 heterocycles. The van der Waals surface area contributed by atoms with E-state index in [1.165, 1.54) is 24.6 Å². The van der Waals surface area contributed by atoms with Gasteiger partial charge in [-0.1, -0.05) is 30.0 Å². The number of benzene rings is 1. The van der Waals surface area contributed by atoms with Crippen molar-refractivity contribution in [1.82, 2.24) is 24.2 Å². The van der Waals surface area contributed by atoms with Crippen LogP contribution in [-0.2, 0) is 13.6 Å². The summed E-state index contributed by atoms with van der Waals surface area (Å²) in [5.74, 6) is 1.40. The van der Waals surface area contributed by atoms with Crippen LogP contribution in [0.2, 0.25) is 0 Å². The van der Waals surface area contributed by atoms with E-state index in [1.807, 2.05) is 45.2 Å². The normalized spacial score (nSPS) is 14.6. The molecule has 1 fully saturated rings. The Balaban J connectivity index is 1.57. The number of carbonyl (C=O) groups excluding carboxylic acids is 1. The molecule has 3 aromatic rings. The SMILES string of the molecule is Cc1cc(C(=O)CSc2nnc(CN3CCCC3)n2-c2ccccc2)c(C)n1C. The van der Waals surface area contributed by atoms with Crippen LogP contribution in [0, 0.1) is 13.8 Å². The molecule has 0 radical (unpaired) electrons. The molecule has 1 aliphatic rings. The van der Waals surface area contributed by atoms with Crippen LogP contribution in [-0.4, -0.2) is 48.9 Å². The number of likely N-dealkylation sites (tertiary alicyclic amines) is 1. The van der Waals surface area contributed by atoms with E-state index in [2.05, 4.69) is 36.4 Å². The third-order valence-corrected chi connectivity index (χ3v) is 6.62. The zero-order chi connectivity index (χ0) is 20.4. The van der Waals surface area contributed by atoms with Gasteiger partial charge in [0.15, 0.2) is 16.8 Å². The van der Waals surface area contributed by atoms with Crippen molar-refractivity contribution in [3.05, 3.63) is 59.2 Å². The van der Waals surface area contributed by atoms with Crippen molar-refractivity contribution in [1.29, 1.82) is 0 Å². The quantitative estimate of drug-likeness (QED) is 0.439. The third-order valence-electron chi connectivity index (χ3n) is 5.69. The number of hydrogen-bond acceptors (Lipinski definition) is 5. The maximum absolute atomic E-state index is 12.8. The molecule has 0 aliphatic carbocycles. The van der Waals surface area contributed by atoms with Gasteiger partial charge in [-0.25, -0.2) is 0 Å². The summed E-state index contributed by atoms with van der Waals surface area (Å²) in [5.41, 5.74) is 3.93. The van der Waals surface area contributed by atoms with Gasteiger partial charge in [0.1, 0.15) is 0 Å². The number of aryl methyl sites for hydroxylation is 1. The van der Waals surface area contributed by atoms with Crippen LogP contribution in [0.3, 0.4) is 0 Å². The van der Waals surface area contributed by atoms with Gasteiger partial charge in [0.05, 0.1) is 12.3 Å². The number of carbonyl (C=O) groups is 1. The lowest BCUT2D eigenvalue weighted by molar-refractivity contribution is 0.102. The molecule has 1 aromatic carbocycles. The number of Topliss-reactive ketones (excluding diaryl/α,β-unsaturated/α-hetero) is 1. The number of aromatic nitrogens is 4. The van der Waals surface area contributed by atoms with Crippen LogP contribution >= 0.6 is 11.8 Å². The second kappa shape index (κ2) is 8.55. The highest BCUT2D eigenvalue weighted by molar-refractivity contribution is 7.99. The highest BCUT2D eigenvalue weighted by Gasteiger charge is 2.21. The number of rotatable bonds is 7. The topological polar surface area (TPSA) is 56.0 Å². The number of thioether (sulfide) groups is 1. The van der Waals surface area contributed by atoms with Gasteiger partial charge in [0, 0.05) is 29.7 Å². The van der Waals surface area contributed by atoms with E-state index in [0.717, 1.165) is 53.3 Å². The number of hydrogen-bond donors (Lipinski definition) is 0. The predicted molar refractivity (Wildman–Crippen MR) is 116 cm³/mol. The molecule has 0 atom stereocenters. The molecule has 1 aliphatic heterocycles. The number of para-hydroxylation sites is 1. The lowest BCUT2D eigenvalue weighted by Gasteiger charge is -2.15. The molecule has 0 spiro atoms. The molecule has 0 saturated carbocycles. The monoisotopic (exact) mass is 409 g/mol. The Kier molecular flexibility index (Phi) is 5.87. The van der Waals surface area contributed by atoms with Gasteiger partial charge in [-0.15, -0.1) is 10.2 Å². The Bertz CT molecular complexity index is 1000. The maximum Gasteiger partial charge on any atom is 0.196 e. The van der Waals surface area contributed by atoms with Gasteiger partial charge in [-0.2, -0.15) is 0 Å². The van der Waals surface area contributed by atoms with Crippen molar-refractivity contribution in [3.63, 3.8) is 0 Å². The van der Waals surface area contributed by atoms with Gasteiger partial charge < -0.3 is 4.57 Å². The standard InChI is InChI=1S/C22H27N5OS/c1-16-13-19(17(2)25(16)3)20(28)15-29-22-24-23-21(14-26-11-7-8-12-26)27(22)18-9-5-4-6-10-18/h4-6,9-10,13H,7-8,11-12,14-15H2,1-3H3. The molecule has 152 valence electrons. The first kappa shape index (κ1) is 19.9. The van der Waals surface area contributed by atoms with Crippen LogP contribution in [0.4, 0.5) is 0 Å². The first-order valence-corrected chi connectivity index (χ1v) is 11.0. The van der Waals surface area contributed by atoms with E-state index in [9.17, 15) is 4.79 Å². The van der Waals surface area contributed by atoms with Gasteiger partial charge in [0.2, 0.25) is 0 Å². The Morgan fingerprint density at radius 2 is 1.83 bits per heavy atom. The predicted octanol–water partition coefficient (Wildman–Crippen LogP) is 3.79. The van der Waals surface area contributed by atoms with Crippen molar-refractivity contribution >= 4 is 17.5 Å². The fourth-order valence-corrected chi connectivity index (χ4v) is 4.67. The lowest BCUT2D eigenvalue weighted by Crippen LogP contribution is -2.21. The zero-order valence-electron chi connectivity index (χ0n) is 17.3. The lowest BCUT2D eigenvalue weighted by atomic mass is 10.2. The molecule has 1 saturated heterocycles. The molecule has 7 heteroatoms. The number of ketones is 1. The van der Waals surface area contributed by atoms with Crippen LogP contribution in [0.1, 0.15) is 40.4 Å². The van der Waals surface area contributed by atoms with E-state index in [-0.39, 0.29) is 5.78 Å². The smallest absolute Gasteiger partial charge is 0.196 e. The minimum atomic E-state index is 0.125. The molecular formula is C22H27N5OS. The minimum absolute atomic E-state index is 0.125. The molecule has 4 rings (SSSR count). The van der Waals surface area contributed by atoms with Gasteiger partial charge in [-0.05, 0) is 58.0 Å². The van der Waals surface area contributed by atoms with E-state index in [0.29, 0.717) is 5.75 Å². The Morgan fingerprint density at radius 3 is 2.48 bits per heavy atom. The molecule has 2 aromatic heterocycles. The van der Waals surface area contributed by atoms with Crippen molar-refractivity contribution in [2.75, 3.05) is 18.8 Å². The van der Waals surface area contributed by atoms with Crippen LogP contribution < -0.4 is 0 Å². The van der Waals surface area contributed by atoms with Gasteiger partial charge in [0.25, 0.3) is 0 Å². The first-order chi connectivity index (χ1) is 14.0. The fraction of sp³-hybridized carbons (Fsp3) is 0.409. The third kappa shape index (κ3) is 4.16. The van der Waals surface area contributed by atoms with Crippen molar-refractivity contribution in [3.8, 4) is 5.69 Å². The van der Waals surface area contributed by atoms with E-state index in [4.69, 9.17) is 0 Å². The average Bonchev–Trinajstić information content (AvgIpc) is 3.44. The highest BCUT2D eigenvalue weighted by atomic mass is 32.2. The Morgan fingerprint density at radius 1 is 1.10 bits per heavy atom. The Hall–Kier alpha value is -2.38. The van der Waals surface area contributed by atoms with Crippen molar-refractivity contribution in [2.45, 2.75) is 38.4 Å². The van der Waals surface area contributed by atoms with E-state index < -0.39 is 0 Å². The molecule has 0 N–H and O–H groups in total. The van der Waals surface area contributed by atoms with Crippen molar-refractivity contribution in [2.24, 2.45) is 7.05 Å². The largest absolute Gasteiger partial charge is 0.351 e. The summed E-state index contributed by atoms with van der Waals surface area (Å²) >= 11 is 1.46. The molecular weight excluding hydrogens is 382 g/mol. The maximum atomic E-state index is 12.8. The van der Waals surface area contributed by atoms with Crippen molar-refractivity contribution < 1.29 is 4.79 Å². The summed E-state index contributed by atoms with van der Waals surface area (Å²) in [5, 5.41) is 9.68. The van der Waals surface area contributed by atoms with Gasteiger partial charge >= 0.3 is 0 Å². The second-order valence-electron chi connectivity index (χ2n) is 7.61. The average molecular weight is 410 g/mol. The summed E-state index contributed by atoms with van der Waals surface area (Å²) in [6, 6.07) is 12.1. The molecule has 0 bridgehead atoms. The first-order valence-electron chi connectivity index (χ1n) is 10.1. The molecule has 29 heavy (non-hydrogen) atoms.